The topological polar surface area (TPSA) is 37.0 Å². The summed E-state index contributed by atoms with van der Waals surface area (Å²) in [4.78, 5) is 0. The monoisotopic (exact) mass is 109 g/mol. The largest absolute Gasteiger partial charge is 0.472 e. The SMILES string of the molecule is CC(=N)c1ccoc1. The first-order valence-corrected chi connectivity index (χ1v) is 2.38. The third-order valence-corrected chi connectivity index (χ3v) is 0.954. The maximum absolute atomic E-state index is 7.09. The number of hydrogen-bond donors (Lipinski definition) is 1. The van der Waals surface area contributed by atoms with Gasteiger partial charge in [-0.05, 0) is 13.0 Å². The van der Waals surface area contributed by atoms with E-state index in [1.54, 1.807) is 25.5 Å². The lowest BCUT2D eigenvalue weighted by Crippen LogP contribution is -1.85. The van der Waals surface area contributed by atoms with Crippen molar-refractivity contribution in [2.24, 2.45) is 0 Å². The van der Waals surface area contributed by atoms with E-state index < -0.39 is 0 Å². The summed E-state index contributed by atoms with van der Waals surface area (Å²) in [6.45, 7) is 1.73. The predicted octanol–water partition coefficient (Wildman–Crippen LogP) is 1.67. The molecule has 0 saturated heterocycles. The van der Waals surface area contributed by atoms with Crippen molar-refractivity contribution in [2.75, 3.05) is 0 Å². The summed E-state index contributed by atoms with van der Waals surface area (Å²) < 4.78 is 4.73. The molecule has 8 heavy (non-hydrogen) atoms. The van der Waals surface area contributed by atoms with Crippen LogP contribution in [-0.2, 0) is 0 Å². The Balaban J connectivity index is 2.93. The van der Waals surface area contributed by atoms with Crippen LogP contribution in [0.5, 0.6) is 0 Å². The quantitative estimate of drug-likeness (QED) is 0.547. The molecule has 1 heterocycles. The molecule has 1 aromatic heterocycles. The van der Waals surface area contributed by atoms with Gasteiger partial charge in [0.15, 0.2) is 0 Å². The molecule has 0 radical (unpaired) electrons. The van der Waals surface area contributed by atoms with Crippen LogP contribution in [0.1, 0.15) is 12.5 Å². The van der Waals surface area contributed by atoms with Gasteiger partial charge in [-0.3, -0.25) is 0 Å². The fourth-order valence-electron chi connectivity index (χ4n) is 0.478. The highest BCUT2D eigenvalue weighted by Crippen LogP contribution is 1.98. The van der Waals surface area contributed by atoms with Crippen LogP contribution in [0.3, 0.4) is 0 Å². The Kier molecular flexibility index (Phi) is 1.16. The fourth-order valence-corrected chi connectivity index (χ4v) is 0.478. The van der Waals surface area contributed by atoms with E-state index in [9.17, 15) is 0 Å². The minimum Gasteiger partial charge on any atom is -0.472 e. The van der Waals surface area contributed by atoms with Gasteiger partial charge in [-0.2, -0.15) is 0 Å². The molecule has 0 bridgehead atoms. The molecule has 1 aromatic rings. The minimum atomic E-state index is 0.541. The zero-order valence-corrected chi connectivity index (χ0v) is 4.64. The van der Waals surface area contributed by atoms with E-state index in [1.807, 2.05) is 0 Å². The average molecular weight is 109 g/mol. The van der Waals surface area contributed by atoms with Crippen molar-refractivity contribution >= 4 is 5.71 Å². The van der Waals surface area contributed by atoms with E-state index >= 15 is 0 Å². The first-order valence-electron chi connectivity index (χ1n) is 2.38. The molecule has 0 aromatic carbocycles. The molecule has 1 rings (SSSR count). The van der Waals surface area contributed by atoms with Crippen molar-refractivity contribution in [2.45, 2.75) is 6.92 Å². The molecule has 0 saturated carbocycles. The zero-order chi connectivity index (χ0) is 5.98. The molecule has 1 N–H and O–H groups in total. The molecule has 0 fully saturated rings. The van der Waals surface area contributed by atoms with Gasteiger partial charge >= 0.3 is 0 Å². The minimum absolute atomic E-state index is 0.541. The Hall–Kier alpha value is -1.05. The Bertz CT molecular complexity index is 176. The normalized spacial score (nSPS) is 9.12. The second-order valence-corrected chi connectivity index (χ2v) is 1.64. The third kappa shape index (κ3) is 0.780. The molecule has 0 atom stereocenters. The van der Waals surface area contributed by atoms with Gasteiger partial charge < -0.3 is 9.83 Å². The summed E-state index contributed by atoms with van der Waals surface area (Å²) in [6, 6.07) is 1.77. The average Bonchev–Trinajstić information content (AvgIpc) is 2.12. The Morgan fingerprint density at radius 2 is 2.50 bits per heavy atom. The first-order chi connectivity index (χ1) is 3.80. The molecule has 2 heteroatoms. The highest BCUT2D eigenvalue weighted by atomic mass is 16.3. The third-order valence-electron chi connectivity index (χ3n) is 0.954. The molecular weight excluding hydrogens is 102 g/mol. The molecule has 0 aliphatic heterocycles. The van der Waals surface area contributed by atoms with E-state index in [4.69, 9.17) is 9.83 Å². The van der Waals surface area contributed by atoms with Gasteiger partial charge in [0.25, 0.3) is 0 Å². The van der Waals surface area contributed by atoms with Crippen molar-refractivity contribution in [1.29, 1.82) is 5.41 Å². The van der Waals surface area contributed by atoms with Gasteiger partial charge in [0, 0.05) is 11.3 Å². The van der Waals surface area contributed by atoms with Gasteiger partial charge in [0.2, 0.25) is 0 Å². The lowest BCUT2D eigenvalue weighted by Gasteiger charge is -1.83. The summed E-state index contributed by atoms with van der Waals surface area (Å²) in [6.07, 6.45) is 3.12. The van der Waals surface area contributed by atoms with E-state index in [2.05, 4.69) is 0 Å². The second kappa shape index (κ2) is 1.82. The summed E-state index contributed by atoms with van der Waals surface area (Å²) in [5, 5.41) is 7.09. The highest BCUT2D eigenvalue weighted by Gasteiger charge is 1.92. The van der Waals surface area contributed by atoms with Gasteiger partial charge in [-0.15, -0.1) is 0 Å². The number of hydrogen-bond acceptors (Lipinski definition) is 2. The maximum Gasteiger partial charge on any atom is 0.0992 e. The first kappa shape index (κ1) is 5.09. The number of furan rings is 1. The highest BCUT2D eigenvalue weighted by molar-refractivity contribution is 5.95. The zero-order valence-electron chi connectivity index (χ0n) is 4.64. The molecule has 0 aliphatic rings. The van der Waals surface area contributed by atoms with Crippen molar-refractivity contribution in [3.63, 3.8) is 0 Å². The molecule has 2 nitrogen and oxygen atoms in total. The van der Waals surface area contributed by atoms with E-state index in [1.165, 1.54) is 0 Å². The predicted molar refractivity (Wildman–Crippen MR) is 31.2 cm³/mol. The van der Waals surface area contributed by atoms with Crippen LogP contribution < -0.4 is 0 Å². The van der Waals surface area contributed by atoms with Crippen molar-refractivity contribution in [3.8, 4) is 0 Å². The van der Waals surface area contributed by atoms with Crippen molar-refractivity contribution < 1.29 is 4.42 Å². The lowest BCUT2D eigenvalue weighted by atomic mass is 10.2. The molecule has 0 unspecified atom stereocenters. The van der Waals surface area contributed by atoms with Gasteiger partial charge in [0.05, 0.1) is 12.5 Å². The molecule has 0 spiro atoms. The van der Waals surface area contributed by atoms with Crippen molar-refractivity contribution in [1.82, 2.24) is 0 Å². The summed E-state index contributed by atoms with van der Waals surface area (Å²) in [5.41, 5.74) is 1.39. The Morgan fingerprint density at radius 1 is 1.75 bits per heavy atom. The standard InChI is InChI=1S/C6H7NO/c1-5(7)6-2-3-8-4-6/h2-4,7H,1H3. The smallest absolute Gasteiger partial charge is 0.0992 e. The molecule has 0 amide bonds. The lowest BCUT2D eigenvalue weighted by molar-refractivity contribution is 0.567. The maximum atomic E-state index is 7.09. The summed E-state index contributed by atoms with van der Waals surface area (Å²) >= 11 is 0. The van der Waals surface area contributed by atoms with Crippen LogP contribution in [0.4, 0.5) is 0 Å². The van der Waals surface area contributed by atoms with Crippen LogP contribution in [0.2, 0.25) is 0 Å². The molecule has 42 valence electrons. The summed E-state index contributed by atoms with van der Waals surface area (Å²) in [7, 11) is 0. The van der Waals surface area contributed by atoms with Crippen molar-refractivity contribution in [3.05, 3.63) is 24.2 Å². The number of rotatable bonds is 1. The van der Waals surface area contributed by atoms with Crippen LogP contribution >= 0.6 is 0 Å². The molecule has 0 aliphatic carbocycles. The second-order valence-electron chi connectivity index (χ2n) is 1.64. The van der Waals surface area contributed by atoms with Gasteiger partial charge in [0.1, 0.15) is 0 Å². The van der Waals surface area contributed by atoms with Gasteiger partial charge in [-0.25, -0.2) is 0 Å². The molecular formula is C6H7NO. The summed E-state index contributed by atoms with van der Waals surface area (Å²) in [5.74, 6) is 0. The Labute approximate surface area is 47.6 Å². The number of nitrogens with one attached hydrogen (secondary N) is 1. The van der Waals surface area contributed by atoms with Crippen LogP contribution in [-0.4, -0.2) is 5.71 Å². The van der Waals surface area contributed by atoms with Crippen LogP contribution in [0.15, 0.2) is 23.0 Å². The van der Waals surface area contributed by atoms with E-state index in [-0.39, 0.29) is 0 Å². The van der Waals surface area contributed by atoms with Gasteiger partial charge in [-0.1, -0.05) is 0 Å². The van der Waals surface area contributed by atoms with Crippen LogP contribution in [0.25, 0.3) is 0 Å². The van der Waals surface area contributed by atoms with E-state index in [0.29, 0.717) is 5.71 Å². The van der Waals surface area contributed by atoms with E-state index in [0.717, 1.165) is 5.56 Å². The van der Waals surface area contributed by atoms with Crippen LogP contribution in [0, 0.1) is 5.41 Å². The Morgan fingerprint density at radius 3 is 2.75 bits per heavy atom. The fraction of sp³-hybridized carbons (Fsp3) is 0.167.